The van der Waals surface area contributed by atoms with E-state index in [1.807, 2.05) is 0 Å². The summed E-state index contributed by atoms with van der Waals surface area (Å²) >= 11 is 5.07. The van der Waals surface area contributed by atoms with E-state index in [-0.39, 0.29) is 18.6 Å². The van der Waals surface area contributed by atoms with E-state index in [1.165, 1.54) is 0 Å². The molecule has 14 heavy (non-hydrogen) atoms. The van der Waals surface area contributed by atoms with Crippen LogP contribution < -0.4 is 5.32 Å². The van der Waals surface area contributed by atoms with Crippen LogP contribution in [0, 0.1) is 4.77 Å². The van der Waals surface area contributed by atoms with Gasteiger partial charge in [0.15, 0.2) is 4.77 Å². The Labute approximate surface area is 85.8 Å². The van der Waals surface area contributed by atoms with Gasteiger partial charge in [-0.2, -0.15) is 0 Å². The van der Waals surface area contributed by atoms with Crippen LogP contribution in [0.2, 0.25) is 0 Å². The van der Waals surface area contributed by atoms with Crippen molar-refractivity contribution in [2.24, 2.45) is 0 Å². The number of hydrogen-bond acceptors (Lipinski definition) is 3. The third kappa shape index (κ3) is 1.46. The highest BCUT2D eigenvalue weighted by Crippen LogP contribution is 2.19. The van der Waals surface area contributed by atoms with Gasteiger partial charge >= 0.3 is 0 Å². The molecule has 6 heteroatoms. The number of nitrogens with one attached hydrogen (secondary N) is 2. The lowest BCUT2D eigenvalue weighted by atomic mass is 10.2. The van der Waals surface area contributed by atoms with Gasteiger partial charge in [-0.1, -0.05) is 0 Å². The van der Waals surface area contributed by atoms with Crippen LogP contribution in [0.15, 0.2) is 6.20 Å². The fraction of sp³-hybridized carbons (Fsp3) is 0.500. The Balaban J connectivity index is 2.35. The molecule has 1 aromatic rings. The molecule has 0 saturated carbocycles. The molecule has 1 aromatic heterocycles. The molecule has 1 unspecified atom stereocenters. The lowest BCUT2D eigenvalue weighted by Gasteiger charge is -2.12. The lowest BCUT2D eigenvalue weighted by molar-refractivity contribution is -0.119. The number of imidazole rings is 1. The van der Waals surface area contributed by atoms with Crippen LogP contribution in [0.5, 0.6) is 0 Å². The second-order valence-corrected chi connectivity index (χ2v) is 3.66. The zero-order chi connectivity index (χ0) is 10.1. The molecule has 0 bridgehead atoms. The van der Waals surface area contributed by atoms with E-state index in [1.54, 1.807) is 10.8 Å². The number of aromatic amines is 1. The van der Waals surface area contributed by atoms with Crippen molar-refractivity contribution in [2.45, 2.75) is 19.1 Å². The zero-order valence-electron chi connectivity index (χ0n) is 7.49. The van der Waals surface area contributed by atoms with Crippen LogP contribution in [0.25, 0.3) is 0 Å². The second-order valence-electron chi connectivity index (χ2n) is 3.28. The Morgan fingerprint density at radius 2 is 2.50 bits per heavy atom. The van der Waals surface area contributed by atoms with E-state index in [9.17, 15) is 4.79 Å². The minimum absolute atomic E-state index is 0.0296. The molecule has 1 fully saturated rings. The van der Waals surface area contributed by atoms with E-state index in [0.717, 1.165) is 5.69 Å². The van der Waals surface area contributed by atoms with Gasteiger partial charge in [-0.15, -0.1) is 0 Å². The summed E-state index contributed by atoms with van der Waals surface area (Å²) in [6.45, 7) is 0.510. The highest BCUT2D eigenvalue weighted by Gasteiger charge is 2.24. The zero-order valence-corrected chi connectivity index (χ0v) is 8.30. The van der Waals surface area contributed by atoms with Gasteiger partial charge in [0.25, 0.3) is 0 Å². The predicted molar refractivity (Wildman–Crippen MR) is 52.2 cm³/mol. The number of amides is 1. The fourth-order valence-electron chi connectivity index (χ4n) is 1.71. The first-order valence-corrected chi connectivity index (χ1v) is 4.79. The third-order valence-corrected chi connectivity index (χ3v) is 2.69. The van der Waals surface area contributed by atoms with Gasteiger partial charge < -0.3 is 20.0 Å². The Kier molecular flexibility index (Phi) is 2.39. The van der Waals surface area contributed by atoms with Crippen LogP contribution in [0.4, 0.5) is 0 Å². The van der Waals surface area contributed by atoms with E-state index >= 15 is 0 Å². The van der Waals surface area contributed by atoms with E-state index in [2.05, 4.69) is 10.3 Å². The van der Waals surface area contributed by atoms with Gasteiger partial charge in [-0.25, -0.2) is 0 Å². The normalized spacial score (nSPS) is 21.2. The van der Waals surface area contributed by atoms with Crippen LogP contribution in [-0.4, -0.2) is 27.1 Å². The predicted octanol–water partition coefficient (Wildman–Crippen LogP) is 0.0990. The quantitative estimate of drug-likeness (QED) is 0.610. The van der Waals surface area contributed by atoms with Gasteiger partial charge in [0.1, 0.15) is 0 Å². The summed E-state index contributed by atoms with van der Waals surface area (Å²) in [5.74, 6) is 0.0296. The van der Waals surface area contributed by atoms with E-state index in [4.69, 9.17) is 17.3 Å². The molecule has 0 aliphatic carbocycles. The van der Waals surface area contributed by atoms with Crippen molar-refractivity contribution in [2.75, 3.05) is 6.54 Å². The molecular weight excluding hydrogens is 202 g/mol. The first kappa shape index (κ1) is 9.42. The summed E-state index contributed by atoms with van der Waals surface area (Å²) in [6.07, 6.45) is 2.10. The number of aliphatic hydroxyl groups is 1. The molecule has 0 radical (unpaired) electrons. The molecule has 1 amide bonds. The first-order valence-electron chi connectivity index (χ1n) is 4.38. The largest absolute Gasteiger partial charge is 0.390 e. The van der Waals surface area contributed by atoms with Gasteiger partial charge in [-0.05, 0) is 12.2 Å². The van der Waals surface area contributed by atoms with Crippen molar-refractivity contribution in [3.8, 4) is 0 Å². The van der Waals surface area contributed by atoms with Crippen LogP contribution in [0.1, 0.15) is 18.2 Å². The van der Waals surface area contributed by atoms with Crippen LogP contribution in [-0.2, 0) is 11.4 Å². The summed E-state index contributed by atoms with van der Waals surface area (Å²) in [6, 6.07) is 0.0309. The SMILES string of the molecule is O=C1CC(n2c(CO)c[nH]c2=S)CN1. The number of H-pyrrole nitrogens is 1. The van der Waals surface area contributed by atoms with Crippen molar-refractivity contribution in [3.63, 3.8) is 0 Å². The average molecular weight is 213 g/mol. The van der Waals surface area contributed by atoms with Crippen LogP contribution in [0.3, 0.4) is 0 Å². The molecule has 2 heterocycles. The van der Waals surface area contributed by atoms with E-state index in [0.29, 0.717) is 17.7 Å². The topological polar surface area (TPSA) is 70.0 Å². The lowest BCUT2D eigenvalue weighted by Crippen LogP contribution is -2.16. The molecule has 1 aliphatic rings. The van der Waals surface area contributed by atoms with Gasteiger partial charge in [-0.3, -0.25) is 4.79 Å². The summed E-state index contributed by atoms with van der Waals surface area (Å²) in [4.78, 5) is 13.9. The van der Waals surface area contributed by atoms with E-state index < -0.39 is 0 Å². The van der Waals surface area contributed by atoms with Gasteiger partial charge in [0.2, 0.25) is 5.91 Å². The minimum Gasteiger partial charge on any atom is -0.390 e. The number of carbonyl (C=O) groups is 1. The molecular formula is C8H11N3O2S. The molecule has 1 saturated heterocycles. The highest BCUT2D eigenvalue weighted by atomic mass is 32.1. The Hall–Kier alpha value is -1.14. The van der Waals surface area contributed by atoms with Crippen molar-refractivity contribution in [1.29, 1.82) is 0 Å². The smallest absolute Gasteiger partial charge is 0.222 e. The fourth-order valence-corrected chi connectivity index (χ4v) is 2.03. The maximum absolute atomic E-state index is 11.0. The average Bonchev–Trinajstić information content (AvgIpc) is 2.71. The monoisotopic (exact) mass is 213 g/mol. The number of rotatable bonds is 2. The van der Waals surface area contributed by atoms with Crippen molar-refractivity contribution in [3.05, 3.63) is 16.7 Å². The summed E-state index contributed by atoms with van der Waals surface area (Å²) in [7, 11) is 0. The molecule has 1 aliphatic heterocycles. The molecule has 0 aromatic carbocycles. The van der Waals surface area contributed by atoms with Crippen LogP contribution >= 0.6 is 12.2 Å². The Morgan fingerprint density at radius 3 is 3.07 bits per heavy atom. The Morgan fingerprint density at radius 1 is 1.71 bits per heavy atom. The summed E-state index contributed by atoms with van der Waals surface area (Å²) in [5, 5.41) is 11.8. The first-order chi connectivity index (χ1) is 6.72. The summed E-state index contributed by atoms with van der Waals surface area (Å²) < 4.78 is 2.35. The molecule has 2 rings (SSSR count). The third-order valence-electron chi connectivity index (χ3n) is 2.37. The van der Waals surface area contributed by atoms with Crippen molar-refractivity contribution < 1.29 is 9.90 Å². The number of nitrogens with zero attached hydrogens (tertiary/aromatic N) is 1. The standard InChI is InChI=1S/C8H11N3O2S/c12-4-6-3-10-8(14)11(6)5-1-7(13)9-2-5/h3,5,12H,1-2,4H2,(H,9,13)(H,10,14). The Bertz CT molecular complexity index is 409. The number of aliphatic hydroxyl groups excluding tert-OH is 1. The number of hydrogen-bond donors (Lipinski definition) is 3. The van der Waals surface area contributed by atoms with Gasteiger partial charge in [0, 0.05) is 19.2 Å². The minimum atomic E-state index is -0.0716. The highest BCUT2D eigenvalue weighted by molar-refractivity contribution is 7.71. The molecule has 3 N–H and O–H groups in total. The number of aromatic nitrogens is 2. The molecule has 1 atom stereocenters. The molecule has 5 nitrogen and oxygen atoms in total. The number of carbonyl (C=O) groups excluding carboxylic acids is 1. The van der Waals surface area contributed by atoms with Crippen molar-refractivity contribution in [1.82, 2.24) is 14.9 Å². The van der Waals surface area contributed by atoms with Gasteiger partial charge in [0.05, 0.1) is 18.3 Å². The maximum Gasteiger partial charge on any atom is 0.222 e. The summed E-state index contributed by atoms with van der Waals surface area (Å²) in [5.41, 5.74) is 0.719. The molecule has 0 spiro atoms. The maximum atomic E-state index is 11.0. The molecule has 76 valence electrons. The second kappa shape index (κ2) is 3.55. The van der Waals surface area contributed by atoms with Crippen molar-refractivity contribution >= 4 is 18.1 Å².